The number of likely N-dealkylation sites (tertiary alicyclic amines) is 1. The zero-order valence-electron chi connectivity index (χ0n) is 17.3. The van der Waals surface area contributed by atoms with Gasteiger partial charge in [0.15, 0.2) is 0 Å². The molecule has 2 aromatic rings. The molecule has 0 bridgehead atoms. The van der Waals surface area contributed by atoms with E-state index in [1.54, 1.807) is 12.1 Å². The van der Waals surface area contributed by atoms with Crippen molar-refractivity contribution >= 4 is 11.8 Å². The Morgan fingerprint density at radius 2 is 1.86 bits per heavy atom. The third-order valence-electron chi connectivity index (χ3n) is 5.73. The van der Waals surface area contributed by atoms with Gasteiger partial charge >= 0.3 is 0 Å². The van der Waals surface area contributed by atoms with Crippen molar-refractivity contribution in [2.75, 3.05) is 26.2 Å². The number of fused-ring (bicyclic) bond motifs is 1. The first kappa shape index (κ1) is 20.4. The minimum atomic E-state index is -0.0447. The molecule has 0 aromatic heterocycles. The van der Waals surface area contributed by atoms with Crippen LogP contribution in [0.3, 0.4) is 0 Å². The molecule has 2 atom stereocenters. The Bertz CT molecular complexity index is 802. The molecular formula is C24H31NO3S. The first-order valence-electron chi connectivity index (χ1n) is 10.7. The van der Waals surface area contributed by atoms with E-state index in [0.29, 0.717) is 11.2 Å². The molecule has 5 heteroatoms. The highest BCUT2D eigenvalue weighted by atomic mass is 32.2. The van der Waals surface area contributed by atoms with E-state index in [9.17, 15) is 5.11 Å². The quantitative estimate of drug-likeness (QED) is 0.676. The van der Waals surface area contributed by atoms with Gasteiger partial charge in [-0.05, 0) is 61.7 Å². The first-order valence-corrected chi connectivity index (χ1v) is 11.6. The van der Waals surface area contributed by atoms with Crippen LogP contribution in [0.4, 0.5) is 0 Å². The average Bonchev–Trinajstić information content (AvgIpc) is 2.74. The van der Waals surface area contributed by atoms with Crippen LogP contribution in [0.15, 0.2) is 47.4 Å². The number of hydrogen-bond acceptors (Lipinski definition) is 5. The Labute approximate surface area is 178 Å². The number of phenolic OH excluding ortho intramolecular Hbond substituents is 1. The number of aromatic hydroxyl groups is 1. The van der Waals surface area contributed by atoms with Crippen LogP contribution in [0.25, 0.3) is 0 Å². The topological polar surface area (TPSA) is 41.9 Å². The molecule has 2 aliphatic heterocycles. The molecule has 1 N–H and O–H groups in total. The zero-order valence-corrected chi connectivity index (χ0v) is 18.2. The number of benzene rings is 2. The maximum absolute atomic E-state index is 9.82. The molecule has 0 amide bonds. The summed E-state index contributed by atoms with van der Waals surface area (Å²) >= 11 is 1.84. The maximum Gasteiger partial charge on any atom is 0.137 e. The second-order valence-electron chi connectivity index (χ2n) is 8.32. The minimum absolute atomic E-state index is 0.0447. The van der Waals surface area contributed by atoms with Gasteiger partial charge in [-0.25, -0.2) is 0 Å². The molecule has 29 heavy (non-hydrogen) atoms. The van der Waals surface area contributed by atoms with E-state index in [1.807, 2.05) is 17.8 Å². The second-order valence-corrected chi connectivity index (χ2v) is 9.54. The van der Waals surface area contributed by atoms with Crippen LogP contribution in [0.2, 0.25) is 0 Å². The molecule has 1 unspecified atom stereocenters. The molecule has 0 spiro atoms. The molecule has 1 saturated heterocycles. The minimum Gasteiger partial charge on any atom is -0.508 e. The lowest BCUT2D eigenvalue weighted by atomic mass is 9.98. The summed E-state index contributed by atoms with van der Waals surface area (Å²) in [6.07, 6.45) is 3.94. The number of thioether (sulfide) groups is 1. The lowest BCUT2D eigenvalue weighted by Crippen LogP contribution is -2.33. The third-order valence-corrected chi connectivity index (χ3v) is 7.39. The highest BCUT2D eigenvalue weighted by molar-refractivity contribution is 8.00. The van der Waals surface area contributed by atoms with Gasteiger partial charge in [-0.1, -0.05) is 32.4 Å². The van der Waals surface area contributed by atoms with E-state index in [1.165, 1.54) is 32.4 Å². The predicted octanol–water partition coefficient (Wildman–Crippen LogP) is 5.51. The first-order chi connectivity index (χ1) is 14.1. The van der Waals surface area contributed by atoms with Gasteiger partial charge in [0, 0.05) is 12.6 Å². The van der Waals surface area contributed by atoms with Crippen molar-refractivity contribution in [1.29, 1.82) is 0 Å². The van der Waals surface area contributed by atoms with Gasteiger partial charge in [0.1, 0.15) is 30.0 Å². The fourth-order valence-electron chi connectivity index (χ4n) is 4.07. The van der Waals surface area contributed by atoms with E-state index in [4.69, 9.17) is 9.47 Å². The third kappa shape index (κ3) is 5.01. The van der Waals surface area contributed by atoms with E-state index in [0.717, 1.165) is 35.1 Å². The van der Waals surface area contributed by atoms with Crippen LogP contribution >= 0.6 is 11.8 Å². The SMILES string of the molecule is CC(C)C1Sc2ccc(O)cc2O[C@H]1c1ccc(OCCN2CCCCC2)cc1. The van der Waals surface area contributed by atoms with Crippen LogP contribution < -0.4 is 9.47 Å². The van der Waals surface area contributed by atoms with Gasteiger partial charge in [0.2, 0.25) is 0 Å². The number of phenols is 1. The maximum atomic E-state index is 9.82. The Morgan fingerprint density at radius 3 is 2.59 bits per heavy atom. The lowest BCUT2D eigenvalue weighted by Gasteiger charge is -2.35. The Hall–Kier alpha value is -1.85. The van der Waals surface area contributed by atoms with E-state index in [-0.39, 0.29) is 11.9 Å². The molecule has 0 saturated carbocycles. The van der Waals surface area contributed by atoms with Gasteiger partial charge in [0.25, 0.3) is 0 Å². The molecule has 0 radical (unpaired) electrons. The summed E-state index contributed by atoms with van der Waals surface area (Å²) < 4.78 is 12.3. The van der Waals surface area contributed by atoms with Gasteiger partial charge in [-0.2, -0.15) is 0 Å². The van der Waals surface area contributed by atoms with Crippen LogP contribution in [0.5, 0.6) is 17.2 Å². The van der Waals surface area contributed by atoms with Crippen LogP contribution in [0.1, 0.15) is 44.8 Å². The number of nitrogens with zero attached hydrogens (tertiary/aromatic N) is 1. The fraction of sp³-hybridized carbons (Fsp3) is 0.500. The molecular weight excluding hydrogens is 382 g/mol. The zero-order chi connectivity index (χ0) is 20.2. The summed E-state index contributed by atoms with van der Waals surface area (Å²) in [6.45, 7) is 8.60. The Kier molecular flexibility index (Phi) is 6.56. The number of piperidine rings is 1. The van der Waals surface area contributed by atoms with Crippen molar-refractivity contribution in [3.63, 3.8) is 0 Å². The Balaban J connectivity index is 1.41. The summed E-state index contributed by atoms with van der Waals surface area (Å²) in [4.78, 5) is 3.58. The molecule has 2 heterocycles. The molecule has 4 nitrogen and oxygen atoms in total. The molecule has 1 fully saturated rings. The number of hydrogen-bond donors (Lipinski definition) is 1. The van der Waals surface area contributed by atoms with E-state index in [2.05, 4.69) is 43.0 Å². The fourth-order valence-corrected chi connectivity index (χ4v) is 5.34. The summed E-state index contributed by atoms with van der Waals surface area (Å²) in [7, 11) is 0. The number of rotatable bonds is 6. The summed E-state index contributed by atoms with van der Waals surface area (Å²) in [5.41, 5.74) is 1.15. The average molecular weight is 414 g/mol. The van der Waals surface area contributed by atoms with Crippen molar-refractivity contribution < 1.29 is 14.6 Å². The largest absolute Gasteiger partial charge is 0.508 e. The summed E-state index contributed by atoms with van der Waals surface area (Å²) in [6, 6.07) is 13.7. The lowest BCUT2D eigenvalue weighted by molar-refractivity contribution is 0.172. The van der Waals surface area contributed by atoms with Gasteiger partial charge in [-0.3, -0.25) is 4.90 Å². The summed E-state index contributed by atoms with van der Waals surface area (Å²) in [5, 5.41) is 10.1. The highest BCUT2D eigenvalue weighted by Crippen LogP contribution is 2.48. The van der Waals surface area contributed by atoms with Crippen molar-refractivity contribution in [2.24, 2.45) is 5.92 Å². The van der Waals surface area contributed by atoms with Crippen molar-refractivity contribution in [3.8, 4) is 17.2 Å². The summed E-state index contributed by atoms with van der Waals surface area (Å²) in [5.74, 6) is 2.38. The van der Waals surface area contributed by atoms with Gasteiger partial charge in [0.05, 0.1) is 10.1 Å². The molecule has 156 valence electrons. The number of ether oxygens (including phenoxy) is 2. The van der Waals surface area contributed by atoms with E-state index >= 15 is 0 Å². The van der Waals surface area contributed by atoms with Gasteiger partial charge in [-0.15, -0.1) is 11.8 Å². The van der Waals surface area contributed by atoms with Gasteiger partial charge < -0.3 is 14.6 Å². The van der Waals surface area contributed by atoms with Crippen LogP contribution in [0, 0.1) is 5.92 Å². The van der Waals surface area contributed by atoms with Crippen LogP contribution in [-0.2, 0) is 0 Å². The Morgan fingerprint density at radius 1 is 1.10 bits per heavy atom. The smallest absolute Gasteiger partial charge is 0.137 e. The molecule has 0 aliphatic carbocycles. The molecule has 4 rings (SSSR count). The van der Waals surface area contributed by atoms with Crippen LogP contribution in [-0.4, -0.2) is 41.5 Å². The standard InChI is InChI=1S/C24H31NO3S/c1-17(2)24-23(28-21-16-19(26)8-11-22(21)29-24)18-6-9-20(10-7-18)27-15-14-25-12-4-3-5-13-25/h6-11,16-17,23-24,26H,3-5,12-15H2,1-2H3/t23-,24?/m0/s1. The van der Waals surface area contributed by atoms with Crippen molar-refractivity contribution in [2.45, 2.75) is 49.4 Å². The van der Waals surface area contributed by atoms with E-state index < -0.39 is 0 Å². The predicted molar refractivity (Wildman–Crippen MR) is 118 cm³/mol. The second kappa shape index (κ2) is 9.31. The normalized spacial score (nSPS) is 22.2. The molecule has 2 aromatic carbocycles. The van der Waals surface area contributed by atoms with Crippen molar-refractivity contribution in [3.05, 3.63) is 48.0 Å². The van der Waals surface area contributed by atoms with Crippen molar-refractivity contribution in [1.82, 2.24) is 4.90 Å². The highest BCUT2D eigenvalue weighted by Gasteiger charge is 2.34. The molecule has 2 aliphatic rings. The monoisotopic (exact) mass is 413 g/mol.